The van der Waals surface area contributed by atoms with Crippen molar-refractivity contribution in [3.05, 3.63) is 5.82 Å². The van der Waals surface area contributed by atoms with Gasteiger partial charge in [0.15, 0.2) is 4.34 Å². The summed E-state index contributed by atoms with van der Waals surface area (Å²) in [6, 6.07) is 0.821. The van der Waals surface area contributed by atoms with E-state index in [2.05, 4.69) is 21.6 Å². The number of nitrogens with zero attached hydrogens (tertiary/aromatic N) is 2. The van der Waals surface area contributed by atoms with Crippen LogP contribution in [0.15, 0.2) is 4.34 Å². The van der Waals surface area contributed by atoms with Crippen molar-refractivity contribution in [2.24, 2.45) is 5.92 Å². The fraction of sp³-hybridized carbons (Fsp3) is 0.800. The molecule has 15 heavy (non-hydrogen) atoms. The zero-order valence-electron chi connectivity index (χ0n) is 9.19. The van der Waals surface area contributed by atoms with Crippen LogP contribution in [0.2, 0.25) is 0 Å². The Kier molecular flexibility index (Phi) is 3.99. The monoisotopic (exact) mass is 243 g/mol. The number of hydrogen-bond donors (Lipinski definition) is 1. The molecular formula is C10H17N3S2. The van der Waals surface area contributed by atoms with Crippen LogP contribution in [0.1, 0.15) is 25.6 Å². The van der Waals surface area contributed by atoms with E-state index >= 15 is 0 Å². The zero-order valence-corrected chi connectivity index (χ0v) is 10.8. The summed E-state index contributed by atoms with van der Waals surface area (Å²) in [4.78, 5) is 4.34. The fourth-order valence-corrected chi connectivity index (χ4v) is 2.96. The Labute approximate surface area is 99.2 Å². The number of aromatic nitrogens is 2. The van der Waals surface area contributed by atoms with Gasteiger partial charge in [0, 0.05) is 11.8 Å². The molecule has 1 N–H and O–H groups in total. The molecule has 0 aromatic carbocycles. The summed E-state index contributed by atoms with van der Waals surface area (Å²) in [6.45, 7) is 5.37. The molecule has 1 aliphatic rings. The van der Waals surface area contributed by atoms with Gasteiger partial charge in [-0.3, -0.25) is 0 Å². The van der Waals surface area contributed by atoms with Crippen molar-refractivity contribution in [3.8, 4) is 0 Å². The first-order chi connectivity index (χ1) is 7.24. The maximum atomic E-state index is 4.34. The molecule has 5 heteroatoms. The molecule has 0 bridgehead atoms. The smallest absolute Gasteiger partial charge is 0.170 e. The van der Waals surface area contributed by atoms with Gasteiger partial charge in [-0.15, -0.1) is 0 Å². The summed E-state index contributed by atoms with van der Waals surface area (Å²) in [6.07, 6.45) is 2.74. The third-order valence-electron chi connectivity index (χ3n) is 2.33. The molecule has 84 valence electrons. The van der Waals surface area contributed by atoms with Crippen LogP contribution in [-0.2, 0) is 0 Å². The van der Waals surface area contributed by atoms with Gasteiger partial charge in [-0.25, -0.2) is 4.98 Å². The van der Waals surface area contributed by atoms with Gasteiger partial charge >= 0.3 is 0 Å². The predicted octanol–water partition coefficient (Wildman–Crippen LogP) is 2.33. The second-order valence-electron chi connectivity index (χ2n) is 4.21. The minimum absolute atomic E-state index is 0.708. The summed E-state index contributed by atoms with van der Waals surface area (Å²) in [5, 5.41) is 3.55. The molecule has 0 radical (unpaired) electrons. The largest absolute Gasteiger partial charge is 0.314 e. The van der Waals surface area contributed by atoms with Crippen molar-refractivity contribution >= 4 is 23.3 Å². The van der Waals surface area contributed by atoms with Crippen molar-refractivity contribution < 1.29 is 0 Å². The molecule has 2 rings (SSSR count). The first-order valence-corrected chi connectivity index (χ1v) is 7.16. The van der Waals surface area contributed by atoms with Crippen LogP contribution in [0, 0.1) is 12.8 Å². The minimum Gasteiger partial charge on any atom is -0.314 e. The Morgan fingerprint density at radius 2 is 2.40 bits per heavy atom. The molecule has 0 saturated heterocycles. The lowest BCUT2D eigenvalue weighted by atomic mass is 10.2. The van der Waals surface area contributed by atoms with Crippen molar-refractivity contribution in [1.29, 1.82) is 0 Å². The SMILES string of the molecule is Cc1nsc(SCC(C)CNC2CC2)n1. The second kappa shape index (κ2) is 5.27. The Hall–Kier alpha value is -0.130. The number of nitrogens with one attached hydrogen (secondary N) is 1. The fourth-order valence-electron chi connectivity index (χ4n) is 1.26. The lowest BCUT2D eigenvalue weighted by Gasteiger charge is -2.10. The molecule has 0 spiro atoms. The van der Waals surface area contributed by atoms with E-state index in [4.69, 9.17) is 0 Å². The molecule has 1 atom stereocenters. The van der Waals surface area contributed by atoms with E-state index < -0.39 is 0 Å². The first-order valence-electron chi connectivity index (χ1n) is 5.40. The molecule has 0 amide bonds. The van der Waals surface area contributed by atoms with E-state index in [9.17, 15) is 0 Å². The lowest BCUT2D eigenvalue weighted by molar-refractivity contribution is 0.556. The summed E-state index contributed by atoms with van der Waals surface area (Å²) >= 11 is 3.34. The van der Waals surface area contributed by atoms with E-state index in [-0.39, 0.29) is 0 Å². The van der Waals surface area contributed by atoms with Crippen LogP contribution in [-0.4, -0.2) is 27.7 Å². The maximum absolute atomic E-state index is 4.34. The normalized spacial score (nSPS) is 18.0. The Morgan fingerprint density at radius 3 is 3.00 bits per heavy atom. The van der Waals surface area contributed by atoms with Gasteiger partial charge in [-0.05, 0) is 43.8 Å². The average Bonchev–Trinajstić information content (AvgIpc) is 2.95. The highest BCUT2D eigenvalue weighted by atomic mass is 32.2. The van der Waals surface area contributed by atoms with Gasteiger partial charge in [0.05, 0.1) is 0 Å². The number of thioether (sulfide) groups is 1. The van der Waals surface area contributed by atoms with Gasteiger partial charge in [-0.1, -0.05) is 18.7 Å². The highest BCUT2D eigenvalue weighted by Gasteiger charge is 2.20. The molecular weight excluding hydrogens is 226 g/mol. The van der Waals surface area contributed by atoms with Gasteiger partial charge in [0.1, 0.15) is 5.82 Å². The number of hydrogen-bond acceptors (Lipinski definition) is 5. The number of rotatable bonds is 6. The molecule has 0 aliphatic heterocycles. The summed E-state index contributed by atoms with van der Waals surface area (Å²) < 4.78 is 5.28. The topological polar surface area (TPSA) is 37.8 Å². The van der Waals surface area contributed by atoms with Gasteiger partial charge in [-0.2, -0.15) is 4.37 Å². The summed E-state index contributed by atoms with van der Waals surface area (Å²) in [5.74, 6) is 2.74. The van der Waals surface area contributed by atoms with E-state index in [1.54, 1.807) is 0 Å². The maximum Gasteiger partial charge on any atom is 0.170 e. The molecule has 1 aliphatic carbocycles. The van der Waals surface area contributed by atoms with Crippen LogP contribution in [0.4, 0.5) is 0 Å². The van der Waals surface area contributed by atoms with Crippen molar-refractivity contribution in [2.45, 2.75) is 37.1 Å². The van der Waals surface area contributed by atoms with Gasteiger partial charge < -0.3 is 5.32 Å². The first kappa shape index (κ1) is 11.4. The number of aryl methyl sites for hydroxylation is 1. The van der Waals surface area contributed by atoms with Crippen LogP contribution in [0.25, 0.3) is 0 Å². The Morgan fingerprint density at radius 1 is 1.60 bits per heavy atom. The molecule has 3 nitrogen and oxygen atoms in total. The summed E-state index contributed by atoms with van der Waals surface area (Å²) in [7, 11) is 0. The van der Waals surface area contributed by atoms with Crippen LogP contribution in [0.5, 0.6) is 0 Å². The lowest BCUT2D eigenvalue weighted by Crippen LogP contribution is -2.24. The zero-order chi connectivity index (χ0) is 10.7. The predicted molar refractivity (Wildman–Crippen MR) is 65.6 cm³/mol. The van der Waals surface area contributed by atoms with E-state index in [1.165, 1.54) is 24.4 Å². The van der Waals surface area contributed by atoms with Gasteiger partial charge in [0.25, 0.3) is 0 Å². The van der Waals surface area contributed by atoms with Gasteiger partial charge in [0.2, 0.25) is 0 Å². The van der Waals surface area contributed by atoms with Crippen molar-refractivity contribution in [1.82, 2.24) is 14.7 Å². The highest BCUT2D eigenvalue weighted by Crippen LogP contribution is 2.23. The van der Waals surface area contributed by atoms with Crippen molar-refractivity contribution in [2.75, 3.05) is 12.3 Å². The molecule has 1 heterocycles. The standard InChI is InChI=1S/C10H17N3S2/c1-7(5-11-9-3-4-9)6-14-10-12-8(2)13-15-10/h7,9,11H,3-6H2,1-2H3. The molecule has 1 aromatic rings. The van der Waals surface area contributed by atoms with E-state index in [0.29, 0.717) is 5.92 Å². The quantitative estimate of drug-likeness (QED) is 0.778. The average molecular weight is 243 g/mol. The van der Waals surface area contributed by atoms with Crippen LogP contribution in [0.3, 0.4) is 0 Å². The summed E-state index contributed by atoms with van der Waals surface area (Å²) in [5.41, 5.74) is 0. The second-order valence-corrected chi connectivity index (χ2v) is 6.23. The van der Waals surface area contributed by atoms with E-state index in [1.807, 2.05) is 18.7 Å². The Balaban J connectivity index is 1.63. The highest BCUT2D eigenvalue weighted by molar-refractivity contribution is 8.00. The molecule has 1 saturated carbocycles. The molecule has 1 aromatic heterocycles. The third kappa shape index (κ3) is 4.09. The van der Waals surface area contributed by atoms with Crippen LogP contribution < -0.4 is 5.32 Å². The third-order valence-corrected chi connectivity index (χ3v) is 4.59. The minimum atomic E-state index is 0.708. The molecule has 1 unspecified atom stereocenters. The van der Waals surface area contributed by atoms with Crippen molar-refractivity contribution in [3.63, 3.8) is 0 Å². The molecule has 1 fully saturated rings. The van der Waals surface area contributed by atoms with E-state index in [0.717, 1.165) is 28.5 Å². The van der Waals surface area contributed by atoms with Crippen LogP contribution >= 0.6 is 23.3 Å². The Bertz CT molecular complexity index is 309.